The molecule has 37 heavy (non-hydrogen) atoms. The van der Waals surface area contributed by atoms with Crippen LogP contribution < -0.4 is 15.9 Å². The van der Waals surface area contributed by atoms with E-state index in [1.807, 2.05) is 79.7 Å². The first-order valence-electron chi connectivity index (χ1n) is 11.6. The van der Waals surface area contributed by atoms with Crippen LogP contribution in [0.4, 0.5) is 5.69 Å². The molecule has 0 saturated heterocycles. The van der Waals surface area contributed by atoms with E-state index in [4.69, 9.17) is 10.6 Å². The fourth-order valence-electron chi connectivity index (χ4n) is 3.57. The molecule has 0 spiro atoms. The smallest absolute Gasteiger partial charge is 0.234 e. The second-order valence-electron chi connectivity index (χ2n) is 8.34. The average Bonchev–Trinajstić information content (AvgIpc) is 3.55. The number of nitrogen functional groups attached to an aromatic ring is 1. The van der Waals surface area contributed by atoms with Gasteiger partial charge in [-0.3, -0.25) is 9.89 Å². The van der Waals surface area contributed by atoms with Gasteiger partial charge in [0.1, 0.15) is 18.1 Å². The lowest BCUT2D eigenvalue weighted by molar-refractivity contribution is -0.113. The molecule has 0 aliphatic rings. The molecule has 2 aromatic heterocycles. The predicted octanol–water partition coefficient (Wildman–Crippen LogP) is 4.67. The Balaban J connectivity index is 1.14. The maximum Gasteiger partial charge on any atom is 0.234 e. The highest BCUT2D eigenvalue weighted by atomic mass is 32.2. The van der Waals surface area contributed by atoms with E-state index >= 15 is 0 Å². The van der Waals surface area contributed by atoms with Crippen molar-refractivity contribution in [1.29, 1.82) is 0 Å². The van der Waals surface area contributed by atoms with Crippen LogP contribution in [0.1, 0.15) is 11.1 Å². The monoisotopic (exact) mass is 511 g/mol. The van der Waals surface area contributed by atoms with Gasteiger partial charge in [-0.05, 0) is 42.8 Å². The van der Waals surface area contributed by atoms with E-state index < -0.39 is 0 Å². The van der Waals surface area contributed by atoms with Gasteiger partial charge < -0.3 is 15.9 Å². The molecule has 5 rings (SSSR count). The molecule has 0 aliphatic heterocycles. The number of amides is 1. The number of aromatic amines is 1. The molecule has 0 bridgehead atoms. The van der Waals surface area contributed by atoms with Crippen LogP contribution in [0.25, 0.3) is 22.8 Å². The number of aryl methyl sites for hydroxylation is 1. The summed E-state index contributed by atoms with van der Waals surface area (Å²) in [5, 5.41) is 18.9. The van der Waals surface area contributed by atoms with Crippen molar-refractivity contribution in [3.8, 4) is 28.5 Å². The van der Waals surface area contributed by atoms with Crippen molar-refractivity contribution in [2.24, 2.45) is 0 Å². The van der Waals surface area contributed by atoms with E-state index in [2.05, 4.69) is 25.7 Å². The van der Waals surface area contributed by atoms with Crippen LogP contribution in [0.15, 0.2) is 90.1 Å². The summed E-state index contributed by atoms with van der Waals surface area (Å²) in [6.07, 6.45) is 0. The summed E-state index contributed by atoms with van der Waals surface area (Å²) in [6.45, 7) is 2.52. The number of ether oxygens (including phenoxy) is 1. The number of benzene rings is 3. The van der Waals surface area contributed by atoms with Crippen LogP contribution in [0, 0.1) is 6.92 Å². The first kappa shape index (κ1) is 24.1. The standard InChI is InChI=1S/C27H25N7O2S/c1-18-7-9-20(10-8-18)23-15-24(31-30-23)26-32-33-27(34(26)28)37-17-25(35)29-21-11-13-22(14-12-21)36-16-19-5-3-2-4-6-19/h2-15H,16-17,28H2,1H3,(H,29,35)(H,30,31). The zero-order chi connectivity index (χ0) is 25.6. The number of hydrogen-bond donors (Lipinski definition) is 3. The van der Waals surface area contributed by atoms with E-state index in [1.165, 1.54) is 22.0 Å². The van der Waals surface area contributed by atoms with Crippen molar-refractivity contribution < 1.29 is 9.53 Å². The Morgan fingerprint density at radius 1 is 1.03 bits per heavy atom. The number of hydrogen-bond acceptors (Lipinski definition) is 7. The van der Waals surface area contributed by atoms with Crippen molar-refractivity contribution >= 4 is 23.4 Å². The van der Waals surface area contributed by atoms with Gasteiger partial charge in [0.05, 0.1) is 11.4 Å². The van der Waals surface area contributed by atoms with E-state index in [0.29, 0.717) is 29.0 Å². The lowest BCUT2D eigenvalue weighted by Gasteiger charge is -2.08. The molecule has 2 heterocycles. The van der Waals surface area contributed by atoms with Crippen molar-refractivity contribution in [3.05, 3.63) is 96.1 Å². The third-order valence-corrected chi connectivity index (χ3v) is 6.49. The molecule has 0 atom stereocenters. The van der Waals surface area contributed by atoms with Crippen LogP contribution in [0.2, 0.25) is 0 Å². The van der Waals surface area contributed by atoms with Gasteiger partial charge in [0.25, 0.3) is 0 Å². The maximum atomic E-state index is 12.5. The fraction of sp³-hybridized carbons (Fsp3) is 0.111. The molecular formula is C27H25N7O2S. The van der Waals surface area contributed by atoms with Crippen molar-refractivity contribution in [1.82, 2.24) is 25.1 Å². The van der Waals surface area contributed by atoms with E-state index in [1.54, 1.807) is 12.1 Å². The summed E-state index contributed by atoms with van der Waals surface area (Å²) in [4.78, 5) is 12.5. The van der Waals surface area contributed by atoms with Crippen molar-refractivity contribution in [2.45, 2.75) is 18.7 Å². The Hall–Kier alpha value is -4.57. The Kier molecular flexibility index (Phi) is 7.18. The van der Waals surface area contributed by atoms with Crippen LogP contribution in [0.3, 0.4) is 0 Å². The van der Waals surface area contributed by atoms with Gasteiger partial charge in [-0.2, -0.15) is 5.10 Å². The number of anilines is 1. The summed E-state index contributed by atoms with van der Waals surface area (Å²) >= 11 is 1.20. The molecule has 186 valence electrons. The second-order valence-corrected chi connectivity index (χ2v) is 9.29. The SMILES string of the molecule is Cc1ccc(-c2cc(-c3nnc(SCC(=O)Nc4ccc(OCc5ccccc5)cc4)n3N)[nH]n2)cc1. The average molecular weight is 512 g/mol. The number of H-pyrrole nitrogens is 1. The van der Waals surface area contributed by atoms with Crippen LogP contribution >= 0.6 is 11.8 Å². The lowest BCUT2D eigenvalue weighted by Crippen LogP contribution is -2.16. The third kappa shape index (κ3) is 5.99. The number of rotatable bonds is 9. The molecule has 0 radical (unpaired) electrons. The molecule has 0 saturated carbocycles. The number of aromatic nitrogens is 5. The predicted molar refractivity (Wildman–Crippen MR) is 144 cm³/mol. The summed E-state index contributed by atoms with van der Waals surface area (Å²) in [6, 6.07) is 27.1. The zero-order valence-electron chi connectivity index (χ0n) is 20.1. The number of nitrogens with one attached hydrogen (secondary N) is 2. The molecule has 4 N–H and O–H groups in total. The molecule has 0 aliphatic carbocycles. The molecule has 10 heteroatoms. The minimum atomic E-state index is -0.185. The van der Waals surface area contributed by atoms with Crippen LogP contribution in [0.5, 0.6) is 5.75 Å². The van der Waals surface area contributed by atoms with Crippen molar-refractivity contribution in [3.63, 3.8) is 0 Å². The van der Waals surface area contributed by atoms with Gasteiger partial charge in [0.2, 0.25) is 16.9 Å². The Bertz CT molecular complexity index is 1480. The Labute approximate surface area is 218 Å². The number of carbonyl (C=O) groups excluding carboxylic acids is 1. The first-order chi connectivity index (χ1) is 18.0. The van der Waals surface area contributed by atoms with E-state index in [-0.39, 0.29) is 11.7 Å². The highest BCUT2D eigenvalue weighted by Gasteiger charge is 2.16. The normalized spacial score (nSPS) is 10.8. The summed E-state index contributed by atoms with van der Waals surface area (Å²) in [7, 11) is 0. The molecule has 9 nitrogen and oxygen atoms in total. The molecule has 0 fully saturated rings. The van der Waals surface area contributed by atoms with Gasteiger partial charge >= 0.3 is 0 Å². The van der Waals surface area contributed by atoms with E-state index in [0.717, 1.165) is 22.6 Å². The molecule has 0 unspecified atom stereocenters. The van der Waals surface area contributed by atoms with Crippen LogP contribution in [-0.4, -0.2) is 36.7 Å². The largest absolute Gasteiger partial charge is 0.489 e. The molecule has 1 amide bonds. The van der Waals surface area contributed by atoms with Gasteiger partial charge in [-0.1, -0.05) is 71.9 Å². The van der Waals surface area contributed by atoms with Gasteiger partial charge in [0.15, 0.2) is 0 Å². The third-order valence-electron chi connectivity index (χ3n) is 5.55. The minimum Gasteiger partial charge on any atom is -0.489 e. The topological polar surface area (TPSA) is 124 Å². The molecular weight excluding hydrogens is 486 g/mol. The second kappa shape index (κ2) is 11.0. The first-order valence-corrected chi connectivity index (χ1v) is 12.6. The molecule has 3 aromatic carbocycles. The quantitative estimate of drug-likeness (QED) is 0.194. The maximum absolute atomic E-state index is 12.5. The summed E-state index contributed by atoms with van der Waals surface area (Å²) < 4.78 is 7.14. The Morgan fingerprint density at radius 2 is 1.78 bits per heavy atom. The molecule has 5 aromatic rings. The van der Waals surface area contributed by atoms with Gasteiger partial charge in [-0.15, -0.1) is 10.2 Å². The highest BCUT2D eigenvalue weighted by Crippen LogP contribution is 2.25. The number of thioether (sulfide) groups is 1. The van der Waals surface area contributed by atoms with Crippen LogP contribution in [-0.2, 0) is 11.4 Å². The zero-order valence-corrected chi connectivity index (χ0v) is 20.9. The summed E-state index contributed by atoms with van der Waals surface area (Å²) in [5.74, 6) is 7.30. The summed E-state index contributed by atoms with van der Waals surface area (Å²) in [5.41, 5.74) is 5.34. The van der Waals surface area contributed by atoms with Gasteiger partial charge in [0, 0.05) is 11.3 Å². The number of nitrogens with two attached hydrogens (primary N) is 1. The van der Waals surface area contributed by atoms with Crippen molar-refractivity contribution in [2.75, 3.05) is 16.9 Å². The Morgan fingerprint density at radius 3 is 2.54 bits per heavy atom. The number of nitrogens with zero attached hydrogens (tertiary/aromatic N) is 4. The minimum absolute atomic E-state index is 0.124. The lowest BCUT2D eigenvalue weighted by atomic mass is 10.1. The number of carbonyl (C=O) groups is 1. The van der Waals surface area contributed by atoms with Gasteiger partial charge in [-0.25, -0.2) is 4.68 Å². The fourth-order valence-corrected chi connectivity index (χ4v) is 4.23. The highest BCUT2D eigenvalue weighted by molar-refractivity contribution is 7.99. The van der Waals surface area contributed by atoms with E-state index in [9.17, 15) is 4.79 Å².